The molecule has 5 heterocycles. The Labute approximate surface area is 113 Å². The second-order valence-electron chi connectivity index (χ2n) is 6.01. The van der Waals surface area contributed by atoms with Crippen molar-refractivity contribution in [3.63, 3.8) is 0 Å². The van der Waals surface area contributed by atoms with Gasteiger partial charge in [-0.15, -0.1) is 0 Å². The molecule has 0 amide bonds. The molecule has 2 N–H and O–H groups in total. The Balaban J connectivity index is 1.48. The molecule has 5 rings (SSSR count). The molecular formula is C15H20N4. The van der Waals surface area contributed by atoms with Crippen molar-refractivity contribution >= 4 is 5.69 Å². The van der Waals surface area contributed by atoms with Gasteiger partial charge in [0.25, 0.3) is 0 Å². The van der Waals surface area contributed by atoms with Crippen LogP contribution in [0.25, 0.3) is 0 Å². The van der Waals surface area contributed by atoms with Gasteiger partial charge in [0.2, 0.25) is 0 Å². The number of hydrogen-bond donors (Lipinski definition) is 2. The lowest BCUT2D eigenvalue weighted by Gasteiger charge is -2.52. The minimum atomic E-state index is 0.297. The average molecular weight is 256 g/mol. The van der Waals surface area contributed by atoms with Crippen molar-refractivity contribution < 1.29 is 0 Å². The zero-order valence-corrected chi connectivity index (χ0v) is 11.1. The molecule has 4 heteroatoms. The molecular weight excluding hydrogens is 236 g/mol. The summed E-state index contributed by atoms with van der Waals surface area (Å²) in [6.45, 7) is 3.79. The van der Waals surface area contributed by atoms with Gasteiger partial charge in [0.1, 0.15) is 0 Å². The van der Waals surface area contributed by atoms with Crippen LogP contribution < -0.4 is 10.6 Å². The number of rotatable bonds is 2. The van der Waals surface area contributed by atoms with Gasteiger partial charge in [0.15, 0.2) is 0 Å². The first kappa shape index (κ1) is 11.3. The summed E-state index contributed by atoms with van der Waals surface area (Å²) in [5.41, 5.74) is 1.40. The fourth-order valence-electron chi connectivity index (χ4n) is 3.87. The molecule has 1 aromatic rings. The zero-order chi connectivity index (χ0) is 12.7. The smallest absolute Gasteiger partial charge is 0.0995 e. The number of nitrogens with one attached hydrogen (secondary N) is 2. The number of piperidine rings is 3. The first-order chi connectivity index (χ1) is 9.34. The molecule has 4 nitrogen and oxygen atoms in total. The summed E-state index contributed by atoms with van der Waals surface area (Å²) < 4.78 is 0. The van der Waals surface area contributed by atoms with Crippen LogP contribution in [0.5, 0.6) is 0 Å². The summed E-state index contributed by atoms with van der Waals surface area (Å²) in [5, 5.41) is 7.24. The lowest BCUT2D eigenvalue weighted by Crippen LogP contribution is -2.64. The maximum atomic E-state index is 4.05. The number of nitrogens with zero attached hydrogens (tertiary/aromatic N) is 2. The second kappa shape index (κ2) is 4.23. The maximum Gasteiger partial charge on any atom is 0.0995 e. The van der Waals surface area contributed by atoms with Gasteiger partial charge in [0, 0.05) is 24.6 Å². The van der Waals surface area contributed by atoms with Crippen LogP contribution in [0.2, 0.25) is 0 Å². The van der Waals surface area contributed by atoms with Crippen molar-refractivity contribution in [3.8, 4) is 0 Å². The highest BCUT2D eigenvalue weighted by atomic mass is 15.3. The molecule has 1 spiro atoms. The van der Waals surface area contributed by atoms with Gasteiger partial charge < -0.3 is 15.5 Å². The molecule has 0 saturated carbocycles. The van der Waals surface area contributed by atoms with Crippen LogP contribution in [0.4, 0.5) is 5.69 Å². The predicted octanol–water partition coefficient (Wildman–Crippen LogP) is 1.79. The van der Waals surface area contributed by atoms with E-state index >= 15 is 0 Å². The minimum absolute atomic E-state index is 0.297. The first-order valence-corrected chi connectivity index (χ1v) is 7.22. The van der Waals surface area contributed by atoms with Gasteiger partial charge in [-0.25, -0.2) is 0 Å². The van der Waals surface area contributed by atoms with Crippen LogP contribution in [-0.4, -0.2) is 35.1 Å². The quantitative estimate of drug-likeness (QED) is 0.846. The van der Waals surface area contributed by atoms with E-state index in [1.807, 2.05) is 24.5 Å². The Kier molecular flexibility index (Phi) is 2.52. The van der Waals surface area contributed by atoms with Gasteiger partial charge in [-0.2, -0.15) is 0 Å². The van der Waals surface area contributed by atoms with Crippen LogP contribution in [-0.2, 0) is 0 Å². The summed E-state index contributed by atoms with van der Waals surface area (Å²) in [6, 6.07) is 4.01. The van der Waals surface area contributed by atoms with Crippen LogP contribution in [0.1, 0.15) is 19.3 Å². The fraction of sp³-hybridized carbons (Fsp3) is 0.533. The van der Waals surface area contributed by atoms with Crippen LogP contribution in [0, 0.1) is 5.92 Å². The molecule has 0 radical (unpaired) electrons. The lowest BCUT2D eigenvalue weighted by molar-refractivity contribution is 0.0189. The SMILES string of the molecule is C1=C(Nc2ccncc2)N[C@@]2(C1)CN1CCC2CC1. The zero-order valence-electron chi connectivity index (χ0n) is 11.1. The molecule has 0 unspecified atom stereocenters. The Morgan fingerprint density at radius 1 is 1.26 bits per heavy atom. The Morgan fingerprint density at radius 2 is 2.05 bits per heavy atom. The molecule has 0 aromatic carbocycles. The molecule has 3 fully saturated rings. The molecule has 4 aliphatic heterocycles. The molecule has 4 aliphatic rings. The topological polar surface area (TPSA) is 40.2 Å². The third-order valence-electron chi connectivity index (χ3n) is 4.89. The molecule has 1 aromatic heterocycles. The van der Waals surface area contributed by atoms with E-state index < -0.39 is 0 Å². The first-order valence-electron chi connectivity index (χ1n) is 7.22. The summed E-state index contributed by atoms with van der Waals surface area (Å²) >= 11 is 0. The lowest BCUT2D eigenvalue weighted by atomic mass is 9.72. The Bertz CT molecular complexity index is 490. The van der Waals surface area contributed by atoms with E-state index in [1.165, 1.54) is 38.3 Å². The van der Waals surface area contributed by atoms with E-state index in [0.29, 0.717) is 5.54 Å². The predicted molar refractivity (Wildman–Crippen MR) is 75.6 cm³/mol. The van der Waals surface area contributed by atoms with E-state index in [1.54, 1.807) is 0 Å². The Hall–Kier alpha value is -1.55. The van der Waals surface area contributed by atoms with Crippen LogP contribution in [0.3, 0.4) is 0 Å². The van der Waals surface area contributed by atoms with Crippen LogP contribution in [0.15, 0.2) is 36.4 Å². The fourth-order valence-corrected chi connectivity index (χ4v) is 3.87. The maximum absolute atomic E-state index is 4.05. The van der Waals surface area contributed by atoms with Gasteiger partial charge in [-0.1, -0.05) is 0 Å². The number of anilines is 1. The highest BCUT2D eigenvalue weighted by Gasteiger charge is 2.48. The van der Waals surface area contributed by atoms with Gasteiger partial charge in [0.05, 0.1) is 11.4 Å². The summed E-state index contributed by atoms with van der Waals surface area (Å²) in [5.74, 6) is 2.01. The molecule has 0 aliphatic carbocycles. The van der Waals surface area contributed by atoms with Crippen molar-refractivity contribution in [2.45, 2.75) is 24.8 Å². The van der Waals surface area contributed by atoms with Crippen LogP contribution >= 0.6 is 0 Å². The number of hydrogen-bond acceptors (Lipinski definition) is 4. The molecule has 1 atom stereocenters. The molecule has 19 heavy (non-hydrogen) atoms. The molecule has 100 valence electrons. The third-order valence-corrected chi connectivity index (χ3v) is 4.89. The van der Waals surface area contributed by atoms with E-state index in [0.717, 1.165) is 18.0 Å². The summed E-state index contributed by atoms with van der Waals surface area (Å²) in [6.07, 6.45) is 9.82. The number of pyridine rings is 1. The third kappa shape index (κ3) is 1.91. The monoisotopic (exact) mass is 256 g/mol. The van der Waals surface area contributed by atoms with E-state index in [2.05, 4.69) is 26.6 Å². The number of aromatic nitrogens is 1. The minimum Gasteiger partial charge on any atom is -0.365 e. The highest BCUT2D eigenvalue weighted by Crippen LogP contribution is 2.41. The normalized spacial score (nSPS) is 36.1. The van der Waals surface area contributed by atoms with Crippen molar-refractivity contribution in [3.05, 3.63) is 36.4 Å². The number of fused-ring (bicyclic) bond motifs is 2. The average Bonchev–Trinajstić information content (AvgIpc) is 2.84. The Morgan fingerprint density at radius 3 is 2.74 bits per heavy atom. The van der Waals surface area contributed by atoms with Crippen molar-refractivity contribution in [2.75, 3.05) is 25.0 Å². The van der Waals surface area contributed by atoms with E-state index in [9.17, 15) is 0 Å². The summed E-state index contributed by atoms with van der Waals surface area (Å²) in [4.78, 5) is 6.66. The summed E-state index contributed by atoms with van der Waals surface area (Å²) in [7, 11) is 0. The largest absolute Gasteiger partial charge is 0.365 e. The van der Waals surface area contributed by atoms with Gasteiger partial charge >= 0.3 is 0 Å². The standard InChI is InChI=1S/C15H20N4/c1-6-15(11-19-9-4-12(15)5-10-19)18-14(1)17-13-2-7-16-8-3-13/h1-3,7-8,12,18H,4-6,9-11H2,(H,16,17)/t15-/m0/s1. The molecule has 3 saturated heterocycles. The molecule has 2 bridgehead atoms. The second-order valence-corrected chi connectivity index (χ2v) is 6.01. The van der Waals surface area contributed by atoms with Crippen molar-refractivity contribution in [1.82, 2.24) is 15.2 Å². The van der Waals surface area contributed by atoms with E-state index in [4.69, 9.17) is 0 Å². The highest BCUT2D eigenvalue weighted by molar-refractivity contribution is 5.47. The van der Waals surface area contributed by atoms with Crippen molar-refractivity contribution in [1.29, 1.82) is 0 Å². The van der Waals surface area contributed by atoms with Gasteiger partial charge in [-0.05, 0) is 56.5 Å². The van der Waals surface area contributed by atoms with E-state index in [-0.39, 0.29) is 0 Å². The van der Waals surface area contributed by atoms with Gasteiger partial charge in [-0.3, -0.25) is 4.98 Å². The van der Waals surface area contributed by atoms with Crippen molar-refractivity contribution in [2.24, 2.45) is 5.92 Å².